The number of ether oxygens (including phenoxy) is 1. The zero-order chi connectivity index (χ0) is 17.5. The van der Waals surface area contributed by atoms with Gasteiger partial charge in [0.1, 0.15) is 11.4 Å². The van der Waals surface area contributed by atoms with Crippen molar-refractivity contribution in [3.63, 3.8) is 0 Å². The molecule has 0 saturated carbocycles. The van der Waals surface area contributed by atoms with Gasteiger partial charge in [0.05, 0.1) is 0 Å². The summed E-state index contributed by atoms with van der Waals surface area (Å²) in [5, 5.41) is 0. The van der Waals surface area contributed by atoms with Crippen molar-refractivity contribution in [1.29, 1.82) is 0 Å². The van der Waals surface area contributed by atoms with Gasteiger partial charge in [-0.15, -0.1) is 0 Å². The van der Waals surface area contributed by atoms with Crippen LogP contribution in [0.25, 0.3) is 0 Å². The number of carbonyl (C=O) groups is 1. The van der Waals surface area contributed by atoms with Gasteiger partial charge in [-0.2, -0.15) is 13.2 Å². The summed E-state index contributed by atoms with van der Waals surface area (Å²) in [5.41, 5.74) is -5.70. The van der Waals surface area contributed by atoms with E-state index in [1.54, 1.807) is 31.7 Å². The van der Waals surface area contributed by atoms with Crippen molar-refractivity contribution >= 4 is 17.2 Å². The van der Waals surface area contributed by atoms with Crippen LogP contribution in [0.2, 0.25) is 0 Å². The SMILES string of the molecule is CC(C)(C)OC(=O)N1CCC2(C=C(OS(=O)C(F)(F)F)C2)CC1. The predicted molar refractivity (Wildman–Crippen MR) is 77.5 cm³/mol. The molecule has 132 valence electrons. The summed E-state index contributed by atoms with van der Waals surface area (Å²) in [7, 11) is 0. The van der Waals surface area contributed by atoms with Crippen LogP contribution in [0.5, 0.6) is 0 Å². The number of allylic oxidation sites excluding steroid dienone is 2. The topological polar surface area (TPSA) is 55.8 Å². The molecule has 0 radical (unpaired) electrons. The zero-order valence-corrected chi connectivity index (χ0v) is 14.1. The average Bonchev–Trinajstić information content (AvgIpc) is 2.34. The minimum Gasteiger partial charge on any atom is -0.444 e. The molecule has 2 rings (SSSR count). The fourth-order valence-corrected chi connectivity index (χ4v) is 3.04. The van der Waals surface area contributed by atoms with E-state index in [1.807, 2.05) is 0 Å². The van der Waals surface area contributed by atoms with E-state index in [2.05, 4.69) is 4.18 Å². The Morgan fingerprint density at radius 2 is 1.78 bits per heavy atom. The predicted octanol–water partition coefficient (Wildman–Crippen LogP) is 3.49. The summed E-state index contributed by atoms with van der Waals surface area (Å²) in [5.74, 6) is 0.103. The maximum Gasteiger partial charge on any atom is 0.508 e. The molecule has 2 aliphatic rings. The number of halogens is 3. The quantitative estimate of drug-likeness (QED) is 0.761. The van der Waals surface area contributed by atoms with Gasteiger partial charge >= 0.3 is 22.7 Å². The number of rotatable bonds is 2. The third-order valence-electron chi connectivity index (χ3n) is 3.78. The van der Waals surface area contributed by atoms with E-state index < -0.39 is 22.2 Å². The van der Waals surface area contributed by atoms with E-state index in [0.717, 1.165) is 0 Å². The highest BCUT2D eigenvalue weighted by Crippen LogP contribution is 2.48. The number of likely N-dealkylation sites (tertiary alicyclic amines) is 1. The van der Waals surface area contributed by atoms with Gasteiger partial charge in [0.2, 0.25) is 0 Å². The van der Waals surface area contributed by atoms with Crippen LogP contribution in [0, 0.1) is 5.41 Å². The molecule has 1 heterocycles. The van der Waals surface area contributed by atoms with Gasteiger partial charge in [-0.25, -0.2) is 9.00 Å². The molecule has 1 atom stereocenters. The van der Waals surface area contributed by atoms with Gasteiger partial charge in [0, 0.05) is 24.9 Å². The standard InChI is InChI=1S/C14H20F3NO4S/c1-12(2,3)21-11(19)18-6-4-13(5-7-18)8-10(9-13)22-23(20)14(15,16)17/h8H,4-7,9H2,1-3H3. The third kappa shape index (κ3) is 4.62. The van der Waals surface area contributed by atoms with Crippen molar-refractivity contribution in [1.82, 2.24) is 4.90 Å². The Bertz CT molecular complexity index is 531. The van der Waals surface area contributed by atoms with Crippen LogP contribution in [0.3, 0.4) is 0 Å². The Labute approximate surface area is 135 Å². The van der Waals surface area contributed by atoms with Crippen LogP contribution in [-0.4, -0.2) is 39.4 Å². The van der Waals surface area contributed by atoms with Gasteiger partial charge in [-0.1, -0.05) is 0 Å². The monoisotopic (exact) mass is 355 g/mol. The molecule has 23 heavy (non-hydrogen) atoms. The molecule has 1 saturated heterocycles. The Morgan fingerprint density at radius 1 is 1.26 bits per heavy atom. The molecule has 1 amide bonds. The minimum absolute atomic E-state index is 0.103. The molecule has 1 aliphatic carbocycles. The van der Waals surface area contributed by atoms with Crippen molar-refractivity contribution in [2.24, 2.45) is 5.41 Å². The van der Waals surface area contributed by atoms with Crippen LogP contribution >= 0.6 is 0 Å². The zero-order valence-electron chi connectivity index (χ0n) is 13.2. The Balaban J connectivity index is 1.84. The highest BCUT2D eigenvalue weighted by atomic mass is 32.2. The number of nitrogens with zero attached hydrogens (tertiary/aromatic N) is 1. The van der Waals surface area contributed by atoms with E-state index in [4.69, 9.17) is 4.74 Å². The molecule has 0 aromatic rings. The largest absolute Gasteiger partial charge is 0.508 e. The Kier molecular flexibility index (Phi) is 4.71. The molecular weight excluding hydrogens is 335 g/mol. The summed E-state index contributed by atoms with van der Waals surface area (Å²) in [4.78, 5) is 13.5. The number of carbonyl (C=O) groups excluding carboxylic acids is 1. The fourth-order valence-electron chi connectivity index (χ4n) is 2.64. The summed E-state index contributed by atoms with van der Waals surface area (Å²) in [6.45, 7) is 6.31. The number of amides is 1. The first kappa shape index (κ1) is 18.1. The third-order valence-corrected chi connectivity index (χ3v) is 4.52. The van der Waals surface area contributed by atoms with Crippen LogP contribution in [-0.2, 0) is 20.0 Å². The first-order valence-electron chi connectivity index (χ1n) is 7.27. The van der Waals surface area contributed by atoms with Crippen molar-refractivity contribution in [3.05, 3.63) is 11.8 Å². The van der Waals surface area contributed by atoms with Gasteiger partial charge in [0.25, 0.3) is 0 Å². The molecule has 5 nitrogen and oxygen atoms in total. The lowest BCUT2D eigenvalue weighted by Crippen LogP contribution is -2.46. The van der Waals surface area contributed by atoms with Gasteiger partial charge in [-0.3, -0.25) is 0 Å². The van der Waals surface area contributed by atoms with Gasteiger partial charge in [-0.05, 0) is 39.7 Å². The maximum atomic E-state index is 12.2. The molecule has 0 aromatic carbocycles. The first-order chi connectivity index (χ1) is 10.4. The molecule has 1 spiro atoms. The number of piperidine rings is 1. The van der Waals surface area contributed by atoms with E-state index in [-0.39, 0.29) is 17.3 Å². The molecule has 1 aliphatic heterocycles. The molecule has 1 fully saturated rings. The molecule has 0 aromatic heterocycles. The molecule has 0 N–H and O–H groups in total. The second-order valence-electron chi connectivity index (χ2n) is 6.88. The van der Waals surface area contributed by atoms with Crippen LogP contribution in [0.1, 0.15) is 40.0 Å². The first-order valence-corrected chi connectivity index (χ1v) is 8.34. The number of hydrogen-bond donors (Lipinski definition) is 0. The highest BCUT2D eigenvalue weighted by Gasteiger charge is 2.46. The lowest BCUT2D eigenvalue weighted by Gasteiger charge is -2.45. The fraction of sp³-hybridized carbons (Fsp3) is 0.786. The Morgan fingerprint density at radius 3 is 2.22 bits per heavy atom. The minimum atomic E-state index is -4.87. The van der Waals surface area contributed by atoms with E-state index in [1.165, 1.54) is 0 Å². The second-order valence-corrected chi connectivity index (χ2v) is 7.98. The normalized spacial score (nSPS) is 22.2. The van der Waals surface area contributed by atoms with Gasteiger partial charge < -0.3 is 13.8 Å². The van der Waals surface area contributed by atoms with E-state index in [9.17, 15) is 22.2 Å². The second kappa shape index (κ2) is 5.99. The lowest BCUT2D eigenvalue weighted by atomic mass is 9.68. The van der Waals surface area contributed by atoms with Crippen LogP contribution < -0.4 is 0 Å². The number of hydrogen-bond acceptors (Lipinski definition) is 4. The summed E-state index contributed by atoms with van der Waals surface area (Å²) >= 11 is -3.32. The smallest absolute Gasteiger partial charge is 0.444 e. The van der Waals surface area contributed by atoms with Crippen molar-refractivity contribution in [2.75, 3.05) is 13.1 Å². The molecular formula is C14H20F3NO4S. The van der Waals surface area contributed by atoms with Gasteiger partial charge in [0.15, 0.2) is 0 Å². The maximum absolute atomic E-state index is 12.2. The summed E-state index contributed by atoms with van der Waals surface area (Å²) in [6, 6.07) is 0. The molecule has 0 bridgehead atoms. The van der Waals surface area contributed by atoms with Crippen molar-refractivity contribution in [3.8, 4) is 0 Å². The number of alkyl halides is 3. The van der Waals surface area contributed by atoms with Crippen LogP contribution in [0.15, 0.2) is 11.8 Å². The molecule has 9 heteroatoms. The lowest BCUT2D eigenvalue weighted by molar-refractivity contribution is -0.0467. The molecule has 1 unspecified atom stereocenters. The van der Waals surface area contributed by atoms with E-state index >= 15 is 0 Å². The van der Waals surface area contributed by atoms with Crippen LogP contribution in [0.4, 0.5) is 18.0 Å². The Hall–Kier alpha value is -1.25. The van der Waals surface area contributed by atoms with Crippen molar-refractivity contribution < 1.29 is 31.1 Å². The van der Waals surface area contributed by atoms with Crippen molar-refractivity contribution in [2.45, 2.75) is 51.1 Å². The summed E-state index contributed by atoms with van der Waals surface area (Å²) in [6.07, 6.45) is 2.78. The van der Waals surface area contributed by atoms with E-state index in [0.29, 0.717) is 32.4 Å². The highest BCUT2D eigenvalue weighted by molar-refractivity contribution is 7.81. The average molecular weight is 355 g/mol. The summed E-state index contributed by atoms with van der Waals surface area (Å²) < 4.78 is 57.1.